The number of ether oxygens (including phenoxy) is 3. The maximum atomic E-state index is 14.0. The van der Waals surface area contributed by atoms with Crippen molar-refractivity contribution < 1.29 is 40.6 Å². The van der Waals surface area contributed by atoms with Crippen LogP contribution in [-0.2, 0) is 0 Å². The third-order valence-electron chi connectivity index (χ3n) is 7.42. The maximum absolute atomic E-state index is 14.0. The predicted octanol–water partition coefficient (Wildman–Crippen LogP) is 7.29. The molecule has 1 atom stereocenters. The molecule has 0 saturated heterocycles. The van der Waals surface area contributed by atoms with Crippen LogP contribution >= 0.6 is 11.3 Å². The van der Waals surface area contributed by atoms with Crippen molar-refractivity contribution in [3.05, 3.63) is 126 Å². The van der Waals surface area contributed by atoms with Crippen LogP contribution < -0.4 is 29.1 Å². The molecule has 13 heteroatoms. The summed E-state index contributed by atoms with van der Waals surface area (Å²) in [4.78, 5) is 19.2. The highest BCUT2D eigenvalue weighted by atomic mass is 32.1. The van der Waals surface area contributed by atoms with Gasteiger partial charge in [0.05, 0.1) is 16.3 Å². The molecule has 2 heterocycles. The number of thiazole rings is 1. The second-order valence-electron chi connectivity index (χ2n) is 10.3. The van der Waals surface area contributed by atoms with Crippen LogP contribution in [0.15, 0.2) is 99.4 Å². The van der Waals surface area contributed by atoms with Crippen LogP contribution in [0.4, 0.5) is 26.3 Å². The Morgan fingerprint density at radius 1 is 0.783 bits per heavy atom. The molecule has 4 aromatic rings. The largest absolute Gasteiger partial charge is 0.435 e. The number of rotatable bonds is 9. The summed E-state index contributed by atoms with van der Waals surface area (Å²) in [5.74, 6) is -0.113. The second-order valence-corrected chi connectivity index (χ2v) is 11.3. The SMILES string of the molecule is O=c1/c(=C\c2ccccc2OC(F)F)sc2n1C(c1ccc(OC(F)F)cc1)C1=C(N=2)/C(=C\c2ccc(OC(F)F)cc2)CCC1. The first-order chi connectivity index (χ1) is 22.2. The fourth-order valence-corrected chi connectivity index (χ4v) is 6.57. The van der Waals surface area contributed by atoms with E-state index in [1.807, 2.05) is 6.08 Å². The zero-order chi connectivity index (χ0) is 32.4. The lowest BCUT2D eigenvalue weighted by molar-refractivity contribution is -0.0506. The fraction of sp³-hybridized carbons (Fsp3) is 0.212. The Balaban J connectivity index is 1.50. The van der Waals surface area contributed by atoms with E-state index in [0.29, 0.717) is 28.9 Å². The van der Waals surface area contributed by atoms with Crippen molar-refractivity contribution in [3.8, 4) is 17.2 Å². The summed E-state index contributed by atoms with van der Waals surface area (Å²) in [6.07, 6.45) is 5.33. The highest BCUT2D eigenvalue weighted by Crippen LogP contribution is 2.41. The summed E-state index contributed by atoms with van der Waals surface area (Å²) in [5.41, 5.74) is 3.58. The highest BCUT2D eigenvalue weighted by Gasteiger charge is 2.32. The summed E-state index contributed by atoms with van der Waals surface area (Å²) < 4.78 is 92.4. The van der Waals surface area contributed by atoms with E-state index in [1.54, 1.807) is 42.5 Å². The van der Waals surface area contributed by atoms with Gasteiger partial charge in [0.25, 0.3) is 5.56 Å². The lowest BCUT2D eigenvalue weighted by Crippen LogP contribution is -2.39. The standard InChI is InChI=1S/C33H24F6N2O4S/c34-30(35)43-22-12-8-18(9-13-22)16-21-5-3-6-24-27(21)40-33-41(28(24)19-10-14-23(15-11-19)44-31(36)37)29(42)26(46-33)17-20-4-1-2-7-25(20)45-32(38)39/h1-2,4,7-17,28,30-32H,3,5-6H2/b21-16-,26-17+. The first kappa shape index (κ1) is 31.2. The number of allylic oxidation sites excluding steroid dienone is 2. The van der Waals surface area contributed by atoms with E-state index in [2.05, 4.69) is 14.2 Å². The number of halogens is 6. The van der Waals surface area contributed by atoms with Crippen LogP contribution in [0.3, 0.4) is 0 Å². The number of benzene rings is 3. The minimum atomic E-state index is -3.06. The molecule has 46 heavy (non-hydrogen) atoms. The maximum Gasteiger partial charge on any atom is 0.387 e. The van der Waals surface area contributed by atoms with Crippen molar-refractivity contribution >= 4 is 23.5 Å². The van der Waals surface area contributed by atoms with Gasteiger partial charge < -0.3 is 14.2 Å². The van der Waals surface area contributed by atoms with Crippen LogP contribution in [-0.4, -0.2) is 24.4 Å². The molecule has 238 valence electrons. The van der Waals surface area contributed by atoms with E-state index in [4.69, 9.17) is 4.99 Å². The van der Waals surface area contributed by atoms with Crippen molar-refractivity contribution in [2.75, 3.05) is 0 Å². The van der Waals surface area contributed by atoms with E-state index in [1.165, 1.54) is 41.0 Å². The second kappa shape index (κ2) is 13.3. The Hall–Kier alpha value is -4.78. The molecule has 1 aliphatic carbocycles. The van der Waals surface area contributed by atoms with Crippen molar-refractivity contribution in [1.29, 1.82) is 0 Å². The number of aromatic nitrogens is 1. The zero-order valence-corrected chi connectivity index (χ0v) is 24.5. The van der Waals surface area contributed by atoms with Gasteiger partial charge in [-0.15, -0.1) is 0 Å². The van der Waals surface area contributed by atoms with Gasteiger partial charge in [0.1, 0.15) is 17.2 Å². The molecular formula is C33H24F6N2O4S. The number of hydrogen-bond acceptors (Lipinski definition) is 6. The first-order valence-electron chi connectivity index (χ1n) is 14.1. The van der Waals surface area contributed by atoms with Crippen molar-refractivity contribution in [2.24, 2.45) is 4.99 Å². The van der Waals surface area contributed by atoms with Gasteiger partial charge in [-0.05, 0) is 84.0 Å². The van der Waals surface area contributed by atoms with Gasteiger partial charge in [0.15, 0.2) is 4.80 Å². The van der Waals surface area contributed by atoms with Crippen LogP contribution in [0.25, 0.3) is 12.2 Å². The Labute approximate surface area is 261 Å². The Kier molecular flexibility index (Phi) is 9.02. The molecule has 2 aliphatic rings. The van der Waals surface area contributed by atoms with Gasteiger partial charge in [-0.25, -0.2) is 4.99 Å². The van der Waals surface area contributed by atoms with Crippen molar-refractivity contribution in [1.82, 2.24) is 4.57 Å². The number of hydrogen-bond donors (Lipinski definition) is 0. The molecule has 0 spiro atoms. The molecule has 0 fully saturated rings. The minimum Gasteiger partial charge on any atom is -0.435 e. The molecule has 0 N–H and O–H groups in total. The van der Waals surface area contributed by atoms with Crippen LogP contribution in [0.5, 0.6) is 17.2 Å². The van der Waals surface area contributed by atoms with Crippen LogP contribution in [0, 0.1) is 0 Å². The quantitative estimate of drug-likeness (QED) is 0.177. The summed E-state index contributed by atoms with van der Waals surface area (Å²) in [6.45, 7) is -9.00. The monoisotopic (exact) mass is 658 g/mol. The Morgan fingerprint density at radius 3 is 2.07 bits per heavy atom. The molecule has 1 aliphatic heterocycles. The van der Waals surface area contributed by atoms with E-state index >= 15 is 0 Å². The minimum absolute atomic E-state index is 0.0225. The van der Waals surface area contributed by atoms with Gasteiger partial charge in [0.2, 0.25) is 0 Å². The average Bonchev–Trinajstić information content (AvgIpc) is 3.32. The van der Waals surface area contributed by atoms with E-state index in [-0.39, 0.29) is 27.3 Å². The van der Waals surface area contributed by atoms with E-state index in [0.717, 1.165) is 34.5 Å². The van der Waals surface area contributed by atoms with Gasteiger partial charge in [0, 0.05) is 5.56 Å². The Morgan fingerprint density at radius 2 is 1.41 bits per heavy atom. The van der Waals surface area contributed by atoms with Gasteiger partial charge in [-0.3, -0.25) is 9.36 Å². The topological polar surface area (TPSA) is 62.0 Å². The molecule has 1 unspecified atom stereocenters. The van der Waals surface area contributed by atoms with E-state index < -0.39 is 31.4 Å². The molecular weight excluding hydrogens is 634 g/mol. The van der Waals surface area contributed by atoms with Gasteiger partial charge in [-0.2, -0.15) is 26.3 Å². The lowest BCUT2D eigenvalue weighted by Gasteiger charge is -2.31. The summed E-state index contributed by atoms with van der Waals surface area (Å²) in [7, 11) is 0. The normalized spacial score (nSPS) is 17.4. The highest BCUT2D eigenvalue weighted by molar-refractivity contribution is 7.07. The van der Waals surface area contributed by atoms with Crippen molar-refractivity contribution in [2.45, 2.75) is 45.1 Å². The van der Waals surface area contributed by atoms with Crippen molar-refractivity contribution in [3.63, 3.8) is 0 Å². The number of alkyl halides is 6. The number of para-hydroxylation sites is 1. The molecule has 6 rings (SSSR count). The zero-order valence-electron chi connectivity index (χ0n) is 23.7. The third-order valence-corrected chi connectivity index (χ3v) is 8.40. The Bertz CT molecular complexity index is 1970. The predicted molar refractivity (Wildman–Crippen MR) is 159 cm³/mol. The third kappa shape index (κ3) is 6.74. The van der Waals surface area contributed by atoms with Crippen LogP contribution in [0.2, 0.25) is 0 Å². The molecule has 0 radical (unpaired) electrons. The number of nitrogens with zero attached hydrogens (tertiary/aromatic N) is 2. The molecule has 0 amide bonds. The van der Waals surface area contributed by atoms with Crippen LogP contribution in [0.1, 0.15) is 42.0 Å². The first-order valence-corrected chi connectivity index (χ1v) is 14.9. The summed E-state index contributed by atoms with van der Waals surface area (Å²) in [5, 5.41) is 0. The molecule has 3 aromatic carbocycles. The van der Waals surface area contributed by atoms with Gasteiger partial charge in [-0.1, -0.05) is 53.8 Å². The number of fused-ring (bicyclic) bond motifs is 1. The smallest absolute Gasteiger partial charge is 0.387 e. The lowest BCUT2D eigenvalue weighted by atomic mass is 9.84. The fourth-order valence-electron chi connectivity index (χ4n) is 5.58. The molecule has 6 nitrogen and oxygen atoms in total. The molecule has 0 saturated carbocycles. The molecule has 0 bridgehead atoms. The van der Waals surface area contributed by atoms with Gasteiger partial charge >= 0.3 is 19.8 Å². The van der Waals surface area contributed by atoms with E-state index in [9.17, 15) is 31.1 Å². The summed E-state index contributed by atoms with van der Waals surface area (Å²) in [6, 6.07) is 17.7. The molecule has 1 aromatic heterocycles. The summed E-state index contributed by atoms with van der Waals surface area (Å²) >= 11 is 1.08. The average molecular weight is 659 g/mol.